The molecule has 2 rings (SSSR count). The van der Waals surface area contributed by atoms with Crippen LogP contribution in [0.2, 0.25) is 0 Å². The first-order chi connectivity index (χ1) is 8.08. The van der Waals surface area contributed by atoms with Crippen LogP contribution in [0.4, 0.5) is 4.79 Å². The fourth-order valence-electron chi connectivity index (χ4n) is 1.57. The lowest BCUT2D eigenvalue weighted by atomic mass is 10.1. The van der Waals surface area contributed by atoms with Gasteiger partial charge in [0.15, 0.2) is 0 Å². The van der Waals surface area contributed by atoms with E-state index in [2.05, 4.69) is 5.32 Å². The molecule has 1 aromatic carbocycles. The zero-order valence-electron chi connectivity index (χ0n) is 8.97. The van der Waals surface area contributed by atoms with Crippen molar-refractivity contribution < 1.29 is 9.59 Å². The normalized spacial score (nSPS) is 14.9. The molecular weight excluding hydrogens is 238 g/mol. The third-order valence-electron chi connectivity index (χ3n) is 2.52. The number of nitrogens with two attached hydrogens (primary N) is 1. The van der Waals surface area contributed by atoms with Gasteiger partial charge >= 0.3 is 6.03 Å². The standard InChI is InChI=1S/C11H11N3O2S/c12-10(17)8-3-1-7(2-4-8)6-14-9(15)5-13-11(14)16/h1-4H,5-6H2,(H2,12,17)(H,13,16). The van der Waals surface area contributed by atoms with Crippen LogP contribution in [-0.4, -0.2) is 28.4 Å². The second-order valence-electron chi connectivity index (χ2n) is 3.70. The Morgan fingerprint density at radius 3 is 2.47 bits per heavy atom. The molecule has 3 amide bonds. The van der Waals surface area contributed by atoms with Crippen molar-refractivity contribution in [1.29, 1.82) is 0 Å². The van der Waals surface area contributed by atoms with Gasteiger partial charge in [0.25, 0.3) is 0 Å². The highest BCUT2D eigenvalue weighted by atomic mass is 32.1. The van der Waals surface area contributed by atoms with Crippen LogP contribution < -0.4 is 11.1 Å². The molecule has 1 aliphatic rings. The van der Waals surface area contributed by atoms with Crippen LogP contribution in [0.5, 0.6) is 0 Å². The van der Waals surface area contributed by atoms with Gasteiger partial charge in [0.05, 0.1) is 13.1 Å². The quantitative estimate of drug-likeness (QED) is 0.599. The Hall–Kier alpha value is -1.95. The summed E-state index contributed by atoms with van der Waals surface area (Å²) in [6.45, 7) is 0.339. The maximum Gasteiger partial charge on any atom is 0.324 e. The van der Waals surface area contributed by atoms with Crippen molar-refractivity contribution in [2.24, 2.45) is 5.73 Å². The zero-order chi connectivity index (χ0) is 12.4. The van der Waals surface area contributed by atoms with Gasteiger partial charge in [-0.25, -0.2) is 4.79 Å². The van der Waals surface area contributed by atoms with E-state index in [0.717, 1.165) is 11.1 Å². The Morgan fingerprint density at radius 1 is 1.35 bits per heavy atom. The van der Waals surface area contributed by atoms with Gasteiger partial charge in [0.1, 0.15) is 4.99 Å². The summed E-state index contributed by atoms with van der Waals surface area (Å²) < 4.78 is 0. The van der Waals surface area contributed by atoms with E-state index in [1.807, 2.05) is 0 Å². The van der Waals surface area contributed by atoms with Crippen molar-refractivity contribution in [3.63, 3.8) is 0 Å². The maximum absolute atomic E-state index is 11.4. The number of hydrogen-bond acceptors (Lipinski definition) is 3. The number of rotatable bonds is 3. The van der Waals surface area contributed by atoms with Crippen molar-refractivity contribution in [3.8, 4) is 0 Å². The lowest BCUT2D eigenvalue weighted by Crippen LogP contribution is -2.30. The molecule has 1 heterocycles. The molecule has 3 N–H and O–H groups in total. The molecule has 0 unspecified atom stereocenters. The first-order valence-corrected chi connectivity index (χ1v) is 5.45. The first kappa shape index (κ1) is 11.5. The summed E-state index contributed by atoms with van der Waals surface area (Å²) >= 11 is 4.84. The minimum absolute atomic E-state index is 0.0732. The Morgan fingerprint density at radius 2 is 2.00 bits per heavy atom. The molecular formula is C11H11N3O2S. The Kier molecular flexibility index (Phi) is 3.06. The topological polar surface area (TPSA) is 75.4 Å². The molecule has 0 spiro atoms. The van der Waals surface area contributed by atoms with Crippen LogP contribution in [0.1, 0.15) is 11.1 Å². The molecule has 1 aromatic rings. The van der Waals surface area contributed by atoms with E-state index < -0.39 is 0 Å². The monoisotopic (exact) mass is 249 g/mol. The van der Waals surface area contributed by atoms with Crippen molar-refractivity contribution in [1.82, 2.24) is 10.2 Å². The van der Waals surface area contributed by atoms with Gasteiger partial charge in [-0.05, 0) is 5.56 Å². The SMILES string of the molecule is NC(=S)c1ccc(CN2C(=O)CNC2=O)cc1. The predicted molar refractivity (Wildman–Crippen MR) is 66.3 cm³/mol. The van der Waals surface area contributed by atoms with E-state index in [1.165, 1.54) is 4.90 Å². The van der Waals surface area contributed by atoms with E-state index in [-0.39, 0.29) is 25.0 Å². The summed E-state index contributed by atoms with van der Waals surface area (Å²) in [5.74, 6) is -0.214. The van der Waals surface area contributed by atoms with Crippen molar-refractivity contribution >= 4 is 29.1 Å². The van der Waals surface area contributed by atoms with Gasteiger partial charge in [0.2, 0.25) is 5.91 Å². The highest BCUT2D eigenvalue weighted by Crippen LogP contribution is 2.10. The third-order valence-corrected chi connectivity index (χ3v) is 2.75. The summed E-state index contributed by atoms with van der Waals surface area (Å²) in [5.41, 5.74) is 7.10. The Balaban J connectivity index is 2.11. The van der Waals surface area contributed by atoms with Crippen molar-refractivity contribution in [2.45, 2.75) is 6.54 Å². The predicted octanol–water partition coefficient (Wildman–Crippen LogP) is 0.373. The van der Waals surface area contributed by atoms with Crippen LogP contribution in [0.25, 0.3) is 0 Å². The molecule has 0 atom stereocenters. The average molecular weight is 249 g/mol. The van der Waals surface area contributed by atoms with Crippen molar-refractivity contribution in [2.75, 3.05) is 6.54 Å². The molecule has 1 aliphatic heterocycles. The van der Waals surface area contributed by atoms with Crippen LogP contribution in [0.3, 0.4) is 0 Å². The molecule has 5 nitrogen and oxygen atoms in total. The van der Waals surface area contributed by atoms with Gasteiger partial charge in [-0.15, -0.1) is 0 Å². The molecule has 1 saturated heterocycles. The fourth-order valence-corrected chi connectivity index (χ4v) is 1.71. The summed E-state index contributed by atoms with van der Waals surface area (Å²) in [4.78, 5) is 24.2. The number of amides is 3. The highest BCUT2D eigenvalue weighted by molar-refractivity contribution is 7.80. The molecule has 1 fully saturated rings. The Bertz CT molecular complexity index is 468. The Labute approximate surface area is 104 Å². The van der Waals surface area contributed by atoms with Crippen LogP contribution in [0, 0.1) is 0 Å². The second-order valence-corrected chi connectivity index (χ2v) is 4.14. The molecule has 6 heteroatoms. The maximum atomic E-state index is 11.4. The number of benzene rings is 1. The van der Waals surface area contributed by atoms with E-state index in [9.17, 15) is 9.59 Å². The summed E-state index contributed by atoms with van der Waals surface area (Å²) in [7, 11) is 0. The van der Waals surface area contributed by atoms with Gasteiger partial charge in [0, 0.05) is 5.56 Å². The van der Waals surface area contributed by atoms with Gasteiger partial charge < -0.3 is 11.1 Å². The molecule has 0 saturated carbocycles. The molecule has 0 radical (unpaired) electrons. The summed E-state index contributed by atoms with van der Waals surface area (Å²) in [6.07, 6.45) is 0. The number of carbonyl (C=O) groups is 2. The number of nitrogens with zero attached hydrogens (tertiary/aromatic N) is 1. The van der Waals surface area contributed by atoms with E-state index in [0.29, 0.717) is 4.99 Å². The number of urea groups is 1. The average Bonchev–Trinajstić information content (AvgIpc) is 2.61. The van der Waals surface area contributed by atoms with Crippen LogP contribution in [0.15, 0.2) is 24.3 Å². The minimum atomic E-state index is -0.353. The number of hydrogen-bond donors (Lipinski definition) is 2. The first-order valence-electron chi connectivity index (χ1n) is 5.05. The van der Waals surface area contributed by atoms with E-state index in [1.54, 1.807) is 24.3 Å². The lowest BCUT2D eigenvalue weighted by molar-refractivity contribution is -0.125. The smallest absolute Gasteiger partial charge is 0.324 e. The van der Waals surface area contributed by atoms with E-state index in [4.69, 9.17) is 18.0 Å². The largest absolute Gasteiger partial charge is 0.389 e. The van der Waals surface area contributed by atoms with Crippen LogP contribution >= 0.6 is 12.2 Å². The lowest BCUT2D eigenvalue weighted by Gasteiger charge is -2.12. The number of thiocarbonyl (C=S) groups is 1. The van der Waals surface area contributed by atoms with E-state index >= 15 is 0 Å². The zero-order valence-corrected chi connectivity index (χ0v) is 9.79. The molecule has 0 bridgehead atoms. The summed E-state index contributed by atoms with van der Waals surface area (Å²) in [6, 6.07) is 6.79. The van der Waals surface area contributed by atoms with Gasteiger partial charge in [-0.1, -0.05) is 36.5 Å². The highest BCUT2D eigenvalue weighted by Gasteiger charge is 2.28. The number of imide groups is 1. The number of carbonyl (C=O) groups excluding carboxylic acids is 2. The molecule has 17 heavy (non-hydrogen) atoms. The van der Waals surface area contributed by atoms with Crippen molar-refractivity contribution in [3.05, 3.63) is 35.4 Å². The van der Waals surface area contributed by atoms with Gasteiger partial charge in [-0.3, -0.25) is 9.69 Å². The molecule has 0 aliphatic carbocycles. The summed E-state index contributed by atoms with van der Waals surface area (Å²) in [5, 5.41) is 2.47. The minimum Gasteiger partial charge on any atom is -0.389 e. The third kappa shape index (κ3) is 2.42. The fraction of sp³-hybridized carbons (Fsp3) is 0.182. The molecule has 0 aromatic heterocycles. The molecule has 88 valence electrons. The second kappa shape index (κ2) is 4.50. The van der Waals surface area contributed by atoms with Crippen LogP contribution in [-0.2, 0) is 11.3 Å². The number of nitrogens with one attached hydrogen (secondary N) is 1. The van der Waals surface area contributed by atoms with Gasteiger partial charge in [-0.2, -0.15) is 0 Å².